The minimum absolute atomic E-state index is 0.273. The number of hydrogen-bond donors (Lipinski definition) is 2. The third-order valence-electron chi connectivity index (χ3n) is 1.96. The molecule has 3 heteroatoms. The van der Waals surface area contributed by atoms with Gasteiger partial charge in [-0.1, -0.05) is 30.3 Å². The second-order valence-electron chi connectivity index (χ2n) is 3.23. The van der Waals surface area contributed by atoms with Crippen molar-refractivity contribution in [2.45, 2.75) is 12.8 Å². The van der Waals surface area contributed by atoms with Crippen molar-refractivity contribution in [3.63, 3.8) is 0 Å². The molecule has 0 aliphatic rings. The summed E-state index contributed by atoms with van der Waals surface area (Å²) in [4.78, 5) is 10.4. The lowest BCUT2D eigenvalue weighted by Gasteiger charge is -2.02. The van der Waals surface area contributed by atoms with Crippen molar-refractivity contribution in [3.05, 3.63) is 35.9 Å². The van der Waals surface area contributed by atoms with Crippen LogP contribution < -0.4 is 11.1 Å². The van der Waals surface area contributed by atoms with Crippen LogP contribution in [0.15, 0.2) is 30.3 Å². The molecule has 1 aromatic carbocycles. The highest BCUT2D eigenvalue weighted by atomic mass is 16.1. The lowest BCUT2D eigenvalue weighted by molar-refractivity contribution is -0.117. The van der Waals surface area contributed by atoms with Crippen molar-refractivity contribution in [3.8, 4) is 0 Å². The predicted molar refractivity (Wildman–Crippen MR) is 56.8 cm³/mol. The van der Waals surface area contributed by atoms with Gasteiger partial charge in [0.1, 0.15) is 0 Å². The standard InChI is InChI=1S/C11H16N2O/c12-11(14)9-13-8-4-7-10-5-2-1-3-6-10/h1-3,5-6,13H,4,7-9H2,(H2,12,14). The van der Waals surface area contributed by atoms with Crippen LogP contribution in [0.3, 0.4) is 0 Å². The number of nitrogens with two attached hydrogens (primary N) is 1. The maximum Gasteiger partial charge on any atom is 0.231 e. The van der Waals surface area contributed by atoms with Gasteiger partial charge < -0.3 is 11.1 Å². The minimum Gasteiger partial charge on any atom is -0.369 e. The molecule has 0 saturated heterocycles. The second kappa shape index (κ2) is 6.16. The molecule has 1 aromatic rings. The highest BCUT2D eigenvalue weighted by molar-refractivity contribution is 5.75. The van der Waals surface area contributed by atoms with Gasteiger partial charge in [-0.3, -0.25) is 4.79 Å². The Morgan fingerprint density at radius 3 is 2.64 bits per heavy atom. The van der Waals surface area contributed by atoms with Gasteiger partial charge in [-0.2, -0.15) is 0 Å². The molecule has 0 fully saturated rings. The normalized spacial score (nSPS) is 10.0. The first-order valence-corrected chi connectivity index (χ1v) is 4.82. The third-order valence-corrected chi connectivity index (χ3v) is 1.96. The molecule has 0 atom stereocenters. The van der Waals surface area contributed by atoms with Gasteiger partial charge in [0.05, 0.1) is 6.54 Å². The molecule has 0 aliphatic heterocycles. The first-order valence-electron chi connectivity index (χ1n) is 4.82. The smallest absolute Gasteiger partial charge is 0.231 e. The Morgan fingerprint density at radius 1 is 1.29 bits per heavy atom. The molecule has 14 heavy (non-hydrogen) atoms. The van der Waals surface area contributed by atoms with E-state index in [2.05, 4.69) is 17.4 Å². The Morgan fingerprint density at radius 2 is 2.00 bits per heavy atom. The topological polar surface area (TPSA) is 55.1 Å². The molecule has 0 bridgehead atoms. The van der Waals surface area contributed by atoms with Crippen molar-refractivity contribution in [2.24, 2.45) is 5.73 Å². The summed E-state index contributed by atoms with van der Waals surface area (Å²) < 4.78 is 0. The highest BCUT2D eigenvalue weighted by Crippen LogP contribution is 2.00. The first-order chi connectivity index (χ1) is 6.79. The van der Waals surface area contributed by atoms with Gasteiger partial charge >= 0.3 is 0 Å². The molecule has 0 aromatic heterocycles. The minimum atomic E-state index is -0.301. The van der Waals surface area contributed by atoms with E-state index in [1.807, 2.05) is 18.2 Å². The fraction of sp³-hybridized carbons (Fsp3) is 0.364. The van der Waals surface area contributed by atoms with Gasteiger partial charge in [0.15, 0.2) is 0 Å². The van der Waals surface area contributed by atoms with Crippen molar-refractivity contribution >= 4 is 5.91 Å². The van der Waals surface area contributed by atoms with E-state index < -0.39 is 0 Å². The number of benzene rings is 1. The van der Waals surface area contributed by atoms with E-state index in [0.29, 0.717) is 0 Å². The van der Waals surface area contributed by atoms with Crippen LogP contribution in [0.4, 0.5) is 0 Å². The zero-order valence-corrected chi connectivity index (χ0v) is 8.20. The Balaban J connectivity index is 2.08. The fourth-order valence-electron chi connectivity index (χ4n) is 1.27. The van der Waals surface area contributed by atoms with Crippen molar-refractivity contribution < 1.29 is 4.79 Å². The van der Waals surface area contributed by atoms with Crippen LogP contribution >= 0.6 is 0 Å². The van der Waals surface area contributed by atoms with Gasteiger partial charge in [0, 0.05) is 0 Å². The summed E-state index contributed by atoms with van der Waals surface area (Å²) in [5, 5.41) is 2.98. The van der Waals surface area contributed by atoms with E-state index in [0.717, 1.165) is 19.4 Å². The largest absolute Gasteiger partial charge is 0.369 e. The summed E-state index contributed by atoms with van der Waals surface area (Å²) in [5.41, 5.74) is 6.31. The van der Waals surface area contributed by atoms with Crippen molar-refractivity contribution in [2.75, 3.05) is 13.1 Å². The number of hydrogen-bond acceptors (Lipinski definition) is 2. The maximum absolute atomic E-state index is 10.4. The summed E-state index contributed by atoms with van der Waals surface area (Å²) in [7, 11) is 0. The molecule has 0 unspecified atom stereocenters. The maximum atomic E-state index is 10.4. The summed E-state index contributed by atoms with van der Waals surface area (Å²) in [5.74, 6) is -0.301. The molecule has 0 radical (unpaired) electrons. The zero-order valence-electron chi connectivity index (χ0n) is 8.20. The molecule has 0 spiro atoms. The quantitative estimate of drug-likeness (QED) is 0.652. The molecule has 1 rings (SSSR count). The predicted octanol–water partition coefficient (Wildman–Crippen LogP) is 0.694. The lowest BCUT2D eigenvalue weighted by atomic mass is 10.1. The Bertz CT molecular complexity index is 272. The molecule has 0 saturated carbocycles. The van der Waals surface area contributed by atoms with Gasteiger partial charge in [-0.25, -0.2) is 0 Å². The van der Waals surface area contributed by atoms with Gasteiger partial charge in [-0.15, -0.1) is 0 Å². The highest BCUT2D eigenvalue weighted by Gasteiger charge is 1.93. The molecular weight excluding hydrogens is 176 g/mol. The number of rotatable bonds is 6. The fourth-order valence-corrected chi connectivity index (χ4v) is 1.27. The number of aryl methyl sites for hydroxylation is 1. The Kier molecular flexibility index (Phi) is 4.72. The van der Waals surface area contributed by atoms with Crippen LogP contribution in [-0.2, 0) is 11.2 Å². The monoisotopic (exact) mass is 192 g/mol. The molecule has 0 heterocycles. The summed E-state index contributed by atoms with van der Waals surface area (Å²) >= 11 is 0. The van der Waals surface area contributed by atoms with E-state index in [9.17, 15) is 4.79 Å². The van der Waals surface area contributed by atoms with Gasteiger partial charge in [0.2, 0.25) is 5.91 Å². The second-order valence-corrected chi connectivity index (χ2v) is 3.23. The van der Waals surface area contributed by atoms with E-state index >= 15 is 0 Å². The molecule has 76 valence electrons. The van der Waals surface area contributed by atoms with Gasteiger partial charge in [-0.05, 0) is 24.9 Å². The van der Waals surface area contributed by atoms with E-state index in [-0.39, 0.29) is 12.5 Å². The van der Waals surface area contributed by atoms with E-state index in [4.69, 9.17) is 5.73 Å². The molecular formula is C11H16N2O. The Hall–Kier alpha value is -1.35. The number of amides is 1. The third kappa shape index (κ3) is 4.62. The zero-order chi connectivity index (χ0) is 10.2. The molecule has 3 N–H and O–H groups in total. The average Bonchev–Trinajstić information content (AvgIpc) is 2.18. The van der Waals surface area contributed by atoms with E-state index in [1.54, 1.807) is 0 Å². The average molecular weight is 192 g/mol. The van der Waals surface area contributed by atoms with Crippen molar-refractivity contribution in [1.29, 1.82) is 0 Å². The van der Waals surface area contributed by atoms with Crippen LogP contribution in [0.25, 0.3) is 0 Å². The van der Waals surface area contributed by atoms with Crippen molar-refractivity contribution in [1.82, 2.24) is 5.32 Å². The van der Waals surface area contributed by atoms with Crippen LogP contribution in [0, 0.1) is 0 Å². The molecule has 0 aliphatic carbocycles. The number of carbonyl (C=O) groups excluding carboxylic acids is 1. The summed E-state index contributed by atoms with van der Waals surface area (Å²) in [6, 6.07) is 10.3. The summed E-state index contributed by atoms with van der Waals surface area (Å²) in [6.45, 7) is 1.10. The van der Waals surface area contributed by atoms with Crippen LogP contribution in [-0.4, -0.2) is 19.0 Å². The lowest BCUT2D eigenvalue weighted by Crippen LogP contribution is -2.29. The molecule has 1 amide bonds. The van der Waals surface area contributed by atoms with E-state index in [1.165, 1.54) is 5.56 Å². The summed E-state index contributed by atoms with van der Waals surface area (Å²) in [6.07, 6.45) is 2.06. The number of primary amides is 1. The Labute approximate surface area is 84.3 Å². The van der Waals surface area contributed by atoms with Crippen LogP contribution in [0.2, 0.25) is 0 Å². The number of carbonyl (C=O) groups is 1. The first kappa shape index (κ1) is 10.7. The SMILES string of the molecule is NC(=O)CNCCCc1ccccc1. The van der Waals surface area contributed by atoms with Crippen LogP contribution in [0.5, 0.6) is 0 Å². The molecule has 3 nitrogen and oxygen atoms in total. The number of nitrogens with one attached hydrogen (secondary N) is 1. The van der Waals surface area contributed by atoms with Gasteiger partial charge in [0.25, 0.3) is 0 Å². The van der Waals surface area contributed by atoms with Crippen LogP contribution in [0.1, 0.15) is 12.0 Å².